The first-order valence-electron chi connectivity index (χ1n) is 10.7. The number of ether oxygens (including phenoxy) is 3. The maximum Gasteiger partial charge on any atom is 0.260 e. The van der Waals surface area contributed by atoms with E-state index < -0.39 is 0 Å². The number of carbonyl (C=O) groups is 1. The zero-order chi connectivity index (χ0) is 20.3. The van der Waals surface area contributed by atoms with Crippen LogP contribution in [0, 0.1) is 0 Å². The van der Waals surface area contributed by atoms with Gasteiger partial charge in [0.25, 0.3) is 5.91 Å². The average Bonchev–Trinajstić information content (AvgIpc) is 3.26. The van der Waals surface area contributed by atoms with Crippen LogP contribution in [0.4, 0.5) is 0 Å². The second kappa shape index (κ2) is 8.52. The van der Waals surface area contributed by atoms with Crippen molar-refractivity contribution in [3.8, 4) is 17.2 Å². The van der Waals surface area contributed by atoms with Crippen LogP contribution in [0.2, 0.25) is 0 Å². The summed E-state index contributed by atoms with van der Waals surface area (Å²) in [6.07, 6.45) is 6.13. The lowest BCUT2D eigenvalue weighted by Crippen LogP contribution is -2.49. The largest absolute Gasteiger partial charge is 0.483 e. The third-order valence-corrected chi connectivity index (χ3v) is 6.11. The first-order chi connectivity index (χ1) is 14.8. The second-order valence-electron chi connectivity index (χ2n) is 8.07. The summed E-state index contributed by atoms with van der Waals surface area (Å²) in [5.41, 5.74) is 3.51. The number of rotatable bonds is 5. The fourth-order valence-electron chi connectivity index (χ4n) is 4.41. The fourth-order valence-corrected chi connectivity index (χ4v) is 4.41. The van der Waals surface area contributed by atoms with E-state index in [0.29, 0.717) is 6.79 Å². The van der Waals surface area contributed by atoms with E-state index in [1.807, 2.05) is 23.1 Å². The second-order valence-corrected chi connectivity index (χ2v) is 8.07. The molecular formula is C23H27N3O4. The zero-order valence-electron chi connectivity index (χ0n) is 17.1. The van der Waals surface area contributed by atoms with Gasteiger partial charge in [-0.2, -0.15) is 0 Å². The summed E-state index contributed by atoms with van der Waals surface area (Å²) in [4.78, 5) is 21.4. The van der Waals surface area contributed by atoms with Crippen molar-refractivity contribution in [1.82, 2.24) is 14.8 Å². The molecule has 1 aliphatic carbocycles. The highest BCUT2D eigenvalue weighted by Crippen LogP contribution is 2.33. The molecule has 0 radical (unpaired) electrons. The molecule has 2 aliphatic heterocycles. The first-order valence-corrected chi connectivity index (χ1v) is 10.7. The normalized spacial score (nSPS) is 18.2. The van der Waals surface area contributed by atoms with Gasteiger partial charge in [-0.05, 0) is 49.4 Å². The lowest BCUT2D eigenvalue weighted by atomic mass is 9.95. The third-order valence-electron chi connectivity index (χ3n) is 6.11. The summed E-state index contributed by atoms with van der Waals surface area (Å²) >= 11 is 0. The van der Waals surface area contributed by atoms with Gasteiger partial charge >= 0.3 is 0 Å². The molecule has 0 spiro atoms. The van der Waals surface area contributed by atoms with Gasteiger partial charge in [0, 0.05) is 50.2 Å². The topological polar surface area (TPSA) is 64.1 Å². The van der Waals surface area contributed by atoms with E-state index in [1.54, 1.807) is 6.20 Å². The number of hydrogen-bond donors (Lipinski definition) is 0. The fraction of sp³-hybridized carbons (Fsp3) is 0.478. The highest BCUT2D eigenvalue weighted by molar-refractivity contribution is 5.78. The minimum atomic E-state index is 0.0547. The molecule has 1 amide bonds. The lowest BCUT2D eigenvalue weighted by molar-refractivity contribution is -0.135. The maximum absolute atomic E-state index is 12.7. The molecule has 0 atom stereocenters. The Labute approximate surface area is 176 Å². The molecule has 7 nitrogen and oxygen atoms in total. The van der Waals surface area contributed by atoms with Gasteiger partial charge < -0.3 is 19.1 Å². The summed E-state index contributed by atoms with van der Waals surface area (Å²) < 4.78 is 16.8. The standard InChI is InChI=1S/C23H27N3O4/c27-23(15-28-20-7-8-24-19-4-2-1-3-18(19)20)26-11-9-25(10-12-26)14-17-5-6-21-22(13-17)30-16-29-21/h5-8,13H,1-4,9-12,14-16H2. The molecule has 1 saturated heterocycles. The Morgan fingerprint density at radius 3 is 2.77 bits per heavy atom. The Bertz CT molecular complexity index is 925. The Morgan fingerprint density at radius 1 is 1.03 bits per heavy atom. The number of hydrogen-bond acceptors (Lipinski definition) is 6. The van der Waals surface area contributed by atoms with Crippen molar-refractivity contribution < 1.29 is 19.0 Å². The monoisotopic (exact) mass is 409 g/mol. The van der Waals surface area contributed by atoms with Crippen LogP contribution in [0.3, 0.4) is 0 Å². The van der Waals surface area contributed by atoms with Crippen LogP contribution >= 0.6 is 0 Å². The number of piperazine rings is 1. The number of carbonyl (C=O) groups excluding carboxylic acids is 1. The molecule has 1 aromatic carbocycles. The minimum Gasteiger partial charge on any atom is -0.483 e. The van der Waals surface area contributed by atoms with Gasteiger partial charge in [0.2, 0.25) is 6.79 Å². The van der Waals surface area contributed by atoms with Crippen molar-refractivity contribution in [3.05, 3.63) is 47.3 Å². The summed E-state index contributed by atoms with van der Waals surface area (Å²) in [5, 5.41) is 0. The number of aryl methyl sites for hydroxylation is 1. The molecule has 0 N–H and O–H groups in total. The molecule has 2 aromatic rings. The van der Waals surface area contributed by atoms with Gasteiger partial charge in [-0.25, -0.2) is 0 Å². The number of fused-ring (bicyclic) bond motifs is 2. The summed E-state index contributed by atoms with van der Waals surface area (Å²) in [5.74, 6) is 2.51. The molecule has 7 heteroatoms. The van der Waals surface area contributed by atoms with Crippen LogP contribution in [0.15, 0.2) is 30.5 Å². The molecular weight excluding hydrogens is 382 g/mol. The molecule has 1 aromatic heterocycles. The zero-order valence-corrected chi connectivity index (χ0v) is 17.1. The third kappa shape index (κ3) is 4.07. The Balaban J connectivity index is 1.11. The first kappa shape index (κ1) is 19.2. The molecule has 5 rings (SSSR count). The van der Waals surface area contributed by atoms with Crippen LogP contribution in [0.5, 0.6) is 17.2 Å². The van der Waals surface area contributed by atoms with Gasteiger partial charge in [-0.3, -0.25) is 14.7 Å². The van der Waals surface area contributed by atoms with E-state index >= 15 is 0 Å². The molecule has 0 unspecified atom stereocenters. The Kier molecular flexibility index (Phi) is 5.45. The lowest BCUT2D eigenvalue weighted by Gasteiger charge is -2.34. The van der Waals surface area contributed by atoms with Crippen LogP contribution in [0.25, 0.3) is 0 Å². The number of amides is 1. The van der Waals surface area contributed by atoms with Gasteiger partial charge in [0.1, 0.15) is 5.75 Å². The van der Waals surface area contributed by atoms with Crippen molar-refractivity contribution >= 4 is 5.91 Å². The predicted octanol–water partition coefficient (Wildman–Crippen LogP) is 2.41. The van der Waals surface area contributed by atoms with Crippen LogP contribution in [-0.2, 0) is 24.2 Å². The van der Waals surface area contributed by atoms with Gasteiger partial charge in [0.05, 0.1) is 0 Å². The molecule has 0 saturated carbocycles. The number of nitrogens with zero attached hydrogens (tertiary/aromatic N) is 3. The number of pyridine rings is 1. The summed E-state index contributed by atoms with van der Waals surface area (Å²) in [7, 11) is 0. The van der Waals surface area contributed by atoms with E-state index in [0.717, 1.165) is 74.9 Å². The predicted molar refractivity (Wildman–Crippen MR) is 111 cm³/mol. The van der Waals surface area contributed by atoms with Gasteiger partial charge in [-0.1, -0.05) is 6.07 Å². The summed E-state index contributed by atoms with van der Waals surface area (Å²) in [6, 6.07) is 7.98. The van der Waals surface area contributed by atoms with Crippen molar-refractivity contribution in [2.75, 3.05) is 39.6 Å². The van der Waals surface area contributed by atoms with Crippen LogP contribution in [-0.4, -0.2) is 60.3 Å². The molecule has 3 heterocycles. The van der Waals surface area contributed by atoms with Crippen molar-refractivity contribution in [2.45, 2.75) is 32.2 Å². The molecule has 158 valence electrons. The highest BCUT2D eigenvalue weighted by Gasteiger charge is 2.23. The molecule has 1 fully saturated rings. The minimum absolute atomic E-state index is 0.0547. The average molecular weight is 409 g/mol. The van der Waals surface area contributed by atoms with Crippen molar-refractivity contribution in [1.29, 1.82) is 0 Å². The quantitative estimate of drug-likeness (QED) is 0.756. The smallest absolute Gasteiger partial charge is 0.260 e. The Hall–Kier alpha value is -2.80. The maximum atomic E-state index is 12.7. The SMILES string of the molecule is O=C(COc1ccnc2c1CCCC2)N1CCN(Cc2ccc3c(c2)OCO3)CC1. The molecule has 30 heavy (non-hydrogen) atoms. The number of benzene rings is 1. The van der Waals surface area contributed by atoms with Gasteiger partial charge in [-0.15, -0.1) is 0 Å². The molecule has 3 aliphatic rings. The van der Waals surface area contributed by atoms with E-state index in [2.05, 4.69) is 16.0 Å². The Morgan fingerprint density at radius 2 is 1.87 bits per heavy atom. The van der Waals surface area contributed by atoms with E-state index in [9.17, 15) is 4.79 Å². The number of aromatic nitrogens is 1. The van der Waals surface area contributed by atoms with Crippen molar-refractivity contribution in [3.63, 3.8) is 0 Å². The van der Waals surface area contributed by atoms with E-state index in [4.69, 9.17) is 14.2 Å². The summed E-state index contributed by atoms with van der Waals surface area (Å²) in [6.45, 7) is 4.39. The van der Waals surface area contributed by atoms with E-state index in [-0.39, 0.29) is 12.5 Å². The van der Waals surface area contributed by atoms with Crippen molar-refractivity contribution in [2.24, 2.45) is 0 Å². The van der Waals surface area contributed by atoms with Crippen LogP contribution < -0.4 is 14.2 Å². The van der Waals surface area contributed by atoms with Gasteiger partial charge in [0.15, 0.2) is 18.1 Å². The highest BCUT2D eigenvalue weighted by atomic mass is 16.7. The molecule has 0 bridgehead atoms. The van der Waals surface area contributed by atoms with Crippen LogP contribution in [0.1, 0.15) is 29.7 Å². The van der Waals surface area contributed by atoms with E-state index in [1.165, 1.54) is 17.5 Å².